The molecule has 0 atom stereocenters. The van der Waals surface area contributed by atoms with E-state index in [-0.39, 0.29) is 40.9 Å². The van der Waals surface area contributed by atoms with Crippen molar-refractivity contribution < 1.29 is 33.7 Å². The van der Waals surface area contributed by atoms with Gasteiger partial charge in [-0.15, -0.1) is 0 Å². The number of rotatable bonds is 9. The van der Waals surface area contributed by atoms with E-state index in [1.165, 1.54) is 12.1 Å². The summed E-state index contributed by atoms with van der Waals surface area (Å²) < 4.78 is 25.9. The number of amides is 2. The van der Waals surface area contributed by atoms with Gasteiger partial charge in [-0.3, -0.25) is 14.5 Å². The van der Waals surface area contributed by atoms with Gasteiger partial charge in [-0.05, 0) is 90.9 Å². The molecule has 0 spiro atoms. The molecule has 2 amide bonds. The summed E-state index contributed by atoms with van der Waals surface area (Å²) in [5.41, 5.74) is 3.10. The fraction of sp³-hybridized carbons (Fsp3) is 0.306. The zero-order chi connectivity index (χ0) is 32.8. The molecule has 0 unspecified atom stereocenters. The monoisotopic (exact) mass is 640 g/mol. The topological polar surface area (TPSA) is 133 Å². The highest BCUT2D eigenvalue weighted by molar-refractivity contribution is 5.97. The van der Waals surface area contributed by atoms with Gasteiger partial charge >= 0.3 is 0 Å². The fourth-order valence-electron chi connectivity index (χ4n) is 6.06. The number of halogens is 1. The number of phenolic OH excluding ortho intramolecular Hbond substituents is 2. The maximum absolute atomic E-state index is 14.3. The van der Waals surface area contributed by atoms with E-state index in [4.69, 9.17) is 9.47 Å². The van der Waals surface area contributed by atoms with Crippen molar-refractivity contribution in [1.82, 2.24) is 20.5 Å². The van der Waals surface area contributed by atoms with Crippen LogP contribution in [0.3, 0.4) is 0 Å². The van der Waals surface area contributed by atoms with Gasteiger partial charge in [0, 0.05) is 37.3 Å². The largest absolute Gasteiger partial charge is 0.508 e. The van der Waals surface area contributed by atoms with Crippen LogP contribution in [0.4, 0.5) is 4.39 Å². The summed E-state index contributed by atoms with van der Waals surface area (Å²) in [6, 6.07) is 19.7. The number of benzene rings is 3. The molecule has 2 heterocycles. The first kappa shape index (κ1) is 32.0. The minimum atomic E-state index is -0.661. The number of nitrogens with zero attached hydrogens (tertiary/aromatic N) is 2. The minimum absolute atomic E-state index is 0.0210. The maximum atomic E-state index is 14.3. The van der Waals surface area contributed by atoms with Crippen LogP contribution in [0.2, 0.25) is 0 Å². The molecule has 1 aromatic heterocycles. The van der Waals surface area contributed by atoms with Crippen LogP contribution >= 0.6 is 0 Å². The molecule has 10 nitrogen and oxygen atoms in total. The molecule has 2 aliphatic rings. The molecule has 1 saturated carbocycles. The highest BCUT2D eigenvalue weighted by Crippen LogP contribution is 2.33. The van der Waals surface area contributed by atoms with Crippen molar-refractivity contribution in [2.24, 2.45) is 0 Å². The van der Waals surface area contributed by atoms with Crippen LogP contribution in [-0.4, -0.2) is 70.3 Å². The van der Waals surface area contributed by atoms with Crippen molar-refractivity contribution in [2.45, 2.75) is 44.3 Å². The smallest absolute Gasteiger partial charge is 0.257 e. The molecule has 1 saturated heterocycles. The van der Waals surface area contributed by atoms with E-state index < -0.39 is 11.7 Å². The number of aromatic nitrogens is 1. The molecule has 11 heteroatoms. The third kappa shape index (κ3) is 8.24. The van der Waals surface area contributed by atoms with Crippen molar-refractivity contribution in [1.29, 1.82) is 0 Å². The summed E-state index contributed by atoms with van der Waals surface area (Å²) in [4.78, 5) is 32.3. The quantitative estimate of drug-likeness (QED) is 0.191. The molecule has 3 aromatic carbocycles. The van der Waals surface area contributed by atoms with Crippen molar-refractivity contribution in [3.05, 3.63) is 102 Å². The number of ether oxygens (including phenoxy) is 2. The number of carbonyl (C=O) groups is 2. The Morgan fingerprint density at radius 1 is 0.872 bits per heavy atom. The summed E-state index contributed by atoms with van der Waals surface area (Å²) in [7, 11) is 0. The minimum Gasteiger partial charge on any atom is -0.508 e. The van der Waals surface area contributed by atoms with Crippen LogP contribution in [0.1, 0.15) is 52.0 Å². The summed E-state index contributed by atoms with van der Waals surface area (Å²) in [5.74, 6) is -0.812. The maximum Gasteiger partial charge on any atom is 0.257 e. The Morgan fingerprint density at radius 2 is 1.57 bits per heavy atom. The third-order valence-corrected chi connectivity index (χ3v) is 8.51. The number of nitrogens with one attached hydrogen (secondary N) is 2. The van der Waals surface area contributed by atoms with Gasteiger partial charge in [0.15, 0.2) is 0 Å². The van der Waals surface area contributed by atoms with Crippen LogP contribution < -0.4 is 15.4 Å². The van der Waals surface area contributed by atoms with E-state index in [0.29, 0.717) is 56.8 Å². The van der Waals surface area contributed by atoms with E-state index in [9.17, 15) is 24.2 Å². The summed E-state index contributed by atoms with van der Waals surface area (Å²) in [5, 5.41) is 25.8. The van der Waals surface area contributed by atoms with Crippen molar-refractivity contribution >= 4 is 11.8 Å². The lowest BCUT2D eigenvalue weighted by atomic mass is 9.90. The number of hydrogen-bond donors (Lipinski definition) is 4. The van der Waals surface area contributed by atoms with E-state index in [1.54, 1.807) is 30.3 Å². The molecule has 1 aliphatic carbocycles. The lowest BCUT2D eigenvalue weighted by Gasteiger charge is -2.29. The number of aromatic hydroxyl groups is 2. The van der Waals surface area contributed by atoms with Crippen molar-refractivity contribution in [3.63, 3.8) is 0 Å². The lowest BCUT2D eigenvalue weighted by molar-refractivity contribution is 0.0342. The highest BCUT2D eigenvalue weighted by Gasteiger charge is 2.26. The lowest BCUT2D eigenvalue weighted by Crippen LogP contribution is -2.43. The number of hydrogen-bond acceptors (Lipinski definition) is 8. The zero-order valence-electron chi connectivity index (χ0n) is 25.8. The van der Waals surface area contributed by atoms with Gasteiger partial charge in [0.25, 0.3) is 11.8 Å². The predicted octanol–water partition coefficient (Wildman–Crippen LogP) is 5.39. The van der Waals surface area contributed by atoms with Gasteiger partial charge in [0.2, 0.25) is 5.88 Å². The molecule has 4 aromatic rings. The fourth-order valence-corrected chi connectivity index (χ4v) is 6.06. The first-order valence-corrected chi connectivity index (χ1v) is 15.8. The zero-order valence-corrected chi connectivity index (χ0v) is 25.8. The molecule has 0 bridgehead atoms. The molecular formula is C36H37FN4O6. The average Bonchev–Trinajstić information content (AvgIpc) is 3.07. The van der Waals surface area contributed by atoms with E-state index in [2.05, 4.69) is 20.5 Å². The second-order valence-electron chi connectivity index (χ2n) is 11.9. The van der Waals surface area contributed by atoms with E-state index in [1.807, 2.05) is 24.3 Å². The first-order valence-electron chi connectivity index (χ1n) is 15.8. The highest BCUT2D eigenvalue weighted by atomic mass is 19.1. The number of carbonyl (C=O) groups excluding carboxylic acids is 2. The van der Waals surface area contributed by atoms with Gasteiger partial charge in [-0.2, -0.15) is 0 Å². The Labute approximate surface area is 272 Å². The molecule has 6 rings (SSSR count). The second kappa shape index (κ2) is 14.6. The van der Waals surface area contributed by atoms with Gasteiger partial charge in [-0.1, -0.05) is 24.3 Å². The SMILES string of the molecule is O=C(N[C@H]1CC[C@@H](NC(=O)c2cc(F)cnc2Oc2cccc(-c3ccc(O)cc3CN3CCOCC3)c2)CC1)c1cccc(O)c1. The Bertz CT molecular complexity index is 1740. The first-order chi connectivity index (χ1) is 22.8. The number of morpholine rings is 1. The van der Waals surface area contributed by atoms with Crippen LogP contribution in [0.15, 0.2) is 79.0 Å². The molecule has 47 heavy (non-hydrogen) atoms. The average molecular weight is 641 g/mol. The Hall–Kier alpha value is -5.00. The van der Waals surface area contributed by atoms with Gasteiger partial charge in [0.1, 0.15) is 28.6 Å². The third-order valence-electron chi connectivity index (χ3n) is 8.51. The van der Waals surface area contributed by atoms with Crippen LogP contribution in [0, 0.1) is 5.82 Å². The van der Waals surface area contributed by atoms with Gasteiger partial charge < -0.3 is 30.3 Å². The Balaban J connectivity index is 1.11. The summed E-state index contributed by atoms with van der Waals surface area (Å²) >= 11 is 0. The summed E-state index contributed by atoms with van der Waals surface area (Å²) in [6.45, 7) is 3.58. The number of pyridine rings is 1. The van der Waals surface area contributed by atoms with Crippen LogP contribution in [-0.2, 0) is 11.3 Å². The van der Waals surface area contributed by atoms with Gasteiger partial charge in [-0.25, -0.2) is 9.37 Å². The standard InChI is InChI=1S/C36H37FN4O6/c37-26-20-33(35(45)40-28-9-7-27(8-10-28)39-34(44)24-4-1-5-29(42)17-24)36(38-21-26)47-31-6-2-3-23(19-31)32-12-11-30(43)18-25(32)22-41-13-15-46-16-14-41/h1-6,11-12,17-21,27-28,42-43H,7-10,13-16,22H2,(H,39,44)(H,40,45)/t27-,28+. The molecule has 1 aliphatic heterocycles. The normalized spacial score (nSPS) is 18.3. The van der Waals surface area contributed by atoms with Crippen molar-refractivity contribution in [3.8, 4) is 34.3 Å². The van der Waals surface area contributed by atoms with Gasteiger partial charge in [0.05, 0.1) is 19.4 Å². The van der Waals surface area contributed by atoms with Crippen LogP contribution in [0.5, 0.6) is 23.1 Å². The molecule has 4 N–H and O–H groups in total. The molecule has 244 valence electrons. The second-order valence-corrected chi connectivity index (χ2v) is 11.9. The van der Waals surface area contributed by atoms with Crippen LogP contribution in [0.25, 0.3) is 11.1 Å². The number of phenols is 2. The van der Waals surface area contributed by atoms with Crippen molar-refractivity contribution in [2.75, 3.05) is 26.3 Å². The Kier molecular flexibility index (Phi) is 9.94. The predicted molar refractivity (Wildman–Crippen MR) is 173 cm³/mol. The Morgan fingerprint density at radius 3 is 2.32 bits per heavy atom. The van der Waals surface area contributed by atoms with E-state index in [0.717, 1.165) is 42.0 Å². The summed E-state index contributed by atoms with van der Waals surface area (Å²) in [6.07, 6.45) is 3.56. The molecule has 2 fully saturated rings. The van der Waals surface area contributed by atoms with E-state index >= 15 is 0 Å². The molecular weight excluding hydrogens is 603 g/mol. The molecule has 0 radical (unpaired) electrons.